The first-order valence-electron chi connectivity index (χ1n) is 8.63. The molecule has 1 fully saturated rings. The Morgan fingerprint density at radius 3 is 2.20 bits per heavy atom. The van der Waals surface area contributed by atoms with Gasteiger partial charge < -0.3 is 15.3 Å². The van der Waals surface area contributed by atoms with E-state index in [0.717, 1.165) is 12.0 Å². The van der Waals surface area contributed by atoms with Crippen LogP contribution in [-0.4, -0.2) is 33.8 Å². The van der Waals surface area contributed by atoms with Crippen molar-refractivity contribution in [1.29, 1.82) is 0 Å². The molecule has 2 rings (SSSR count). The molecule has 1 aromatic rings. The molecule has 25 heavy (non-hydrogen) atoms. The summed E-state index contributed by atoms with van der Waals surface area (Å²) in [4.78, 5) is 36.9. The van der Waals surface area contributed by atoms with E-state index in [0.29, 0.717) is 25.1 Å². The molecule has 6 nitrogen and oxygen atoms in total. The van der Waals surface area contributed by atoms with E-state index in [-0.39, 0.29) is 24.3 Å². The summed E-state index contributed by atoms with van der Waals surface area (Å²) < 4.78 is 0. The van der Waals surface area contributed by atoms with E-state index < -0.39 is 11.4 Å². The third kappa shape index (κ3) is 4.59. The Balaban J connectivity index is 1.95. The van der Waals surface area contributed by atoms with Gasteiger partial charge in [0.05, 0.1) is 5.41 Å². The summed E-state index contributed by atoms with van der Waals surface area (Å²) >= 11 is 0. The standard InChI is InChI=1S/C19H26N2O4/c1-13(2)21(14(3)22)12-15-5-7-16(8-6-15)20-17(23)11-19(18(24)25)9-4-10-19/h5-8,13H,4,9-12H2,1-3H3,(H,20,23)(H,24,25). The molecule has 0 heterocycles. The van der Waals surface area contributed by atoms with Crippen LogP contribution in [0.4, 0.5) is 5.69 Å². The van der Waals surface area contributed by atoms with Crippen molar-refractivity contribution in [3.63, 3.8) is 0 Å². The number of amides is 2. The highest BCUT2D eigenvalue weighted by Gasteiger charge is 2.45. The van der Waals surface area contributed by atoms with Crippen LogP contribution in [-0.2, 0) is 20.9 Å². The molecule has 0 atom stereocenters. The summed E-state index contributed by atoms with van der Waals surface area (Å²) in [5.41, 5.74) is 0.721. The van der Waals surface area contributed by atoms with Crippen LogP contribution in [0.15, 0.2) is 24.3 Å². The fourth-order valence-corrected chi connectivity index (χ4v) is 3.13. The van der Waals surface area contributed by atoms with Gasteiger partial charge in [-0.3, -0.25) is 14.4 Å². The van der Waals surface area contributed by atoms with Crippen LogP contribution in [0.3, 0.4) is 0 Å². The van der Waals surface area contributed by atoms with E-state index in [1.807, 2.05) is 26.0 Å². The number of rotatable bonds is 7. The van der Waals surface area contributed by atoms with Gasteiger partial charge in [-0.15, -0.1) is 0 Å². The van der Waals surface area contributed by atoms with E-state index in [9.17, 15) is 19.5 Å². The summed E-state index contributed by atoms with van der Waals surface area (Å²) in [6.45, 7) is 6.00. The average molecular weight is 346 g/mol. The number of carboxylic acids is 1. The highest BCUT2D eigenvalue weighted by Crippen LogP contribution is 2.44. The zero-order valence-corrected chi connectivity index (χ0v) is 15.0. The van der Waals surface area contributed by atoms with Crippen molar-refractivity contribution in [3.8, 4) is 0 Å². The summed E-state index contributed by atoms with van der Waals surface area (Å²) in [6.07, 6.45) is 1.99. The first kappa shape index (κ1) is 19.0. The van der Waals surface area contributed by atoms with Gasteiger partial charge in [0.15, 0.2) is 0 Å². The Labute approximate surface area is 148 Å². The van der Waals surface area contributed by atoms with Crippen molar-refractivity contribution in [1.82, 2.24) is 4.90 Å². The maximum Gasteiger partial charge on any atom is 0.310 e. The molecule has 136 valence electrons. The van der Waals surface area contributed by atoms with Gasteiger partial charge in [-0.05, 0) is 44.4 Å². The van der Waals surface area contributed by atoms with Crippen molar-refractivity contribution in [2.45, 2.75) is 59.0 Å². The lowest BCUT2D eigenvalue weighted by Crippen LogP contribution is -2.41. The number of hydrogen-bond donors (Lipinski definition) is 2. The summed E-state index contributed by atoms with van der Waals surface area (Å²) in [6, 6.07) is 7.40. The van der Waals surface area contributed by atoms with E-state index in [1.165, 1.54) is 0 Å². The van der Waals surface area contributed by atoms with Gasteiger partial charge >= 0.3 is 5.97 Å². The second-order valence-corrected chi connectivity index (χ2v) is 7.10. The van der Waals surface area contributed by atoms with Gasteiger partial charge in [-0.25, -0.2) is 0 Å². The number of carboxylic acid groups (broad SMARTS) is 1. The number of benzene rings is 1. The predicted molar refractivity (Wildman–Crippen MR) is 95.0 cm³/mol. The van der Waals surface area contributed by atoms with Crippen LogP contribution in [0.5, 0.6) is 0 Å². The van der Waals surface area contributed by atoms with Gasteiger partial charge in [-0.2, -0.15) is 0 Å². The van der Waals surface area contributed by atoms with Crippen molar-refractivity contribution in [3.05, 3.63) is 29.8 Å². The normalized spacial score (nSPS) is 15.4. The lowest BCUT2D eigenvalue weighted by atomic mass is 9.66. The van der Waals surface area contributed by atoms with Crippen LogP contribution in [0.25, 0.3) is 0 Å². The molecule has 0 bridgehead atoms. The first-order valence-corrected chi connectivity index (χ1v) is 8.63. The average Bonchev–Trinajstić information content (AvgIpc) is 2.49. The largest absolute Gasteiger partial charge is 0.481 e. The third-order valence-corrected chi connectivity index (χ3v) is 4.88. The molecule has 1 aromatic carbocycles. The Kier molecular flexibility index (Phi) is 5.82. The second kappa shape index (κ2) is 7.68. The number of nitrogens with one attached hydrogen (secondary N) is 1. The predicted octanol–water partition coefficient (Wildman–Crippen LogP) is 3.03. The maximum absolute atomic E-state index is 12.1. The van der Waals surface area contributed by atoms with Crippen LogP contribution >= 0.6 is 0 Å². The number of nitrogens with zero attached hydrogens (tertiary/aromatic N) is 1. The highest BCUT2D eigenvalue weighted by atomic mass is 16.4. The zero-order chi connectivity index (χ0) is 18.6. The fraction of sp³-hybridized carbons (Fsp3) is 0.526. The van der Waals surface area contributed by atoms with Crippen LogP contribution in [0, 0.1) is 5.41 Å². The number of carbonyl (C=O) groups is 3. The molecule has 1 aliphatic carbocycles. The Hall–Kier alpha value is -2.37. The molecule has 1 aliphatic rings. The topological polar surface area (TPSA) is 86.7 Å². The van der Waals surface area contributed by atoms with Crippen LogP contribution in [0.2, 0.25) is 0 Å². The molecular weight excluding hydrogens is 320 g/mol. The number of anilines is 1. The molecule has 0 unspecified atom stereocenters. The van der Waals surface area contributed by atoms with Crippen molar-refractivity contribution in [2.24, 2.45) is 5.41 Å². The summed E-state index contributed by atoms with van der Waals surface area (Å²) in [5, 5.41) is 12.1. The highest BCUT2D eigenvalue weighted by molar-refractivity contribution is 5.94. The molecule has 0 aromatic heterocycles. The quantitative estimate of drug-likeness (QED) is 0.794. The number of hydrogen-bond acceptors (Lipinski definition) is 3. The van der Waals surface area contributed by atoms with Crippen LogP contribution < -0.4 is 5.32 Å². The second-order valence-electron chi connectivity index (χ2n) is 7.10. The van der Waals surface area contributed by atoms with Gasteiger partial charge in [0, 0.05) is 31.6 Å². The Morgan fingerprint density at radius 2 is 1.80 bits per heavy atom. The van der Waals surface area contributed by atoms with E-state index >= 15 is 0 Å². The van der Waals surface area contributed by atoms with Gasteiger partial charge in [-0.1, -0.05) is 18.6 Å². The van der Waals surface area contributed by atoms with Crippen molar-refractivity contribution >= 4 is 23.5 Å². The molecule has 0 aliphatic heterocycles. The molecule has 0 saturated heterocycles. The van der Waals surface area contributed by atoms with Crippen LogP contribution in [0.1, 0.15) is 52.0 Å². The zero-order valence-electron chi connectivity index (χ0n) is 15.0. The van der Waals surface area contributed by atoms with E-state index in [2.05, 4.69) is 5.32 Å². The molecule has 1 saturated carbocycles. The minimum Gasteiger partial charge on any atom is -0.481 e. The van der Waals surface area contributed by atoms with Crippen molar-refractivity contribution < 1.29 is 19.5 Å². The molecule has 2 N–H and O–H groups in total. The van der Waals surface area contributed by atoms with Gasteiger partial charge in [0.1, 0.15) is 0 Å². The monoisotopic (exact) mass is 346 g/mol. The molecule has 2 amide bonds. The first-order chi connectivity index (χ1) is 11.7. The summed E-state index contributed by atoms with van der Waals surface area (Å²) in [5.74, 6) is -1.14. The summed E-state index contributed by atoms with van der Waals surface area (Å²) in [7, 11) is 0. The minimum absolute atomic E-state index is 0.00947. The van der Waals surface area contributed by atoms with Gasteiger partial charge in [0.2, 0.25) is 11.8 Å². The SMILES string of the molecule is CC(=O)N(Cc1ccc(NC(=O)CC2(C(=O)O)CCC2)cc1)C(C)C. The molecule has 0 spiro atoms. The number of carbonyl (C=O) groups excluding carboxylic acids is 2. The Bertz CT molecular complexity index is 648. The maximum atomic E-state index is 12.1. The molecule has 0 radical (unpaired) electrons. The van der Waals surface area contributed by atoms with Crippen molar-refractivity contribution in [2.75, 3.05) is 5.32 Å². The lowest BCUT2D eigenvalue weighted by molar-refractivity contribution is -0.157. The minimum atomic E-state index is -0.887. The fourth-order valence-electron chi connectivity index (χ4n) is 3.13. The van der Waals surface area contributed by atoms with E-state index in [4.69, 9.17) is 0 Å². The van der Waals surface area contributed by atoms with Gasteiger partial charge in [0.25, 0.3) is 0 Å². The third-order valence-electron chi connectivity index (χ3n) is 4.88. The lowest BCUT2D eigenvalue weighted by Gasteiger charge is -2.36. The molecular formula is C19H26N2O4. The Morgan fingerprint density at radius 1 is 1.20 bits per heavy atom. The number of aliphatic carboxylic acids is 1. The smallest absolute Gasteiger partial charge is 0.310 e. The van der Waals surface area contributed by atoms with E-state index in [1.54, 1.807) is 24.0 Å². The molecule has 6 heteroatoms.